The van der Waals surface area contributed by atoms with Crippen LogP contribution in [0.1, 0.15) is 50.4 Å². The number of likely N-dealkylation sites (tertiary alicyclic amines) is 2. The van der Waals surface area contributed by atoms with Gasteiger partial charge in [-0.3, -0.25) is 9.69 Å². The zero-order valence-corrected chi connectivity index (χ0v) is 26.3. The van der Waals surface area contributed by atoms with Crippen LogP contribution >= 0.6 is 23.2 Å². The van der Waals surface area contributed by atoms with E-state index in [1.807, 2.05) is 11.8 Å². The summed E-state index contributed by atoms with van der Waals surface area (Å²) >= 11 is 12.2. The second kappa shape index (κ2) is 14.1. The number of carbonyl (C=O) groups is 2. The molecule has 0 aromatic heterocycles. The number of benzene rings is 2. The molecule has 2 saturated heterocycles. The number of ether oxygens (including phenoxy) is 3. The summed E-state index contributed by atoms with van der Waals surface area (Å²) in [5.41, 5.74) is 5.56. The van der Waals surface area contributed by atoms with Crippen molar-refractivity contribution in [3.8, 4) is 11.5 Å². The van der Waals surface area contributed by atoms with Crippen molar-refractivity contribution in [2.24, 2.45) is 17.8 Å². The molecular formula is C31H42Cl2N4O5. The molecule has 11 heteroatoms. The predicted octanol–water partition coefficient (Wildman–Crippen LogP) is 5.94. The van der Waals surface area contributed by atoms with Gasteiger partial charge >= 0.3 is 6.09 Å². The van der Waals surface area contributed by atoms with Crippen LogP contribution in [0.25, 0.3) is 0 Å². The van der Waals surface area contributed by atoms with Crippen molar-refractivity contribution in [3.63, 3.8) is 0 Å². The Balaban J connectivity index is 1.39. The minimum atomic E-state index is -0.983. The maximum Gasteiger partial charge on any atom is 0.411 e. The van der Waals surface area contributed by atoms with Crippen molar-refractivity contribution >= 4 is 40.9 Å². The molecule has 2 heterocycles. The molecule has 4 rings (SSSR count). The number of nitrogens with one attached hydrogen (secondary N) is 1. The van der Waals surface area contributed by atoms with Gasteiger partial charge in [-0.25, -0.2) is 4.79 Å². The molecule has 3 unspecified atom stereocenters. The lowest BCUT2D eigenvalue weighted by Crippen LogP contribution is -2.58. The van der Waals surface area contributed by atoms with Gasteiger partial charge in [0.05, 0.1) is 23.4 Å². The molecule has 2 aliphatic heterocycles. The fourth-order valence-corrected chi connectivity index (χ4v) is 6.15. The number of halogens is 2. The predicted molar refractivity (Wildman–Crippen MR) is 165 cm³/mol. The summed E-state index contributed by atoms with van der Waals surface area (Å²) in [6.07, 6.45) is 2.40. The molecule has 2 amide bonds. The van der Waals surface area contributed by atoms with Crippen LogP contribution in [0.4, 0.5) is 10.5 Å². The fraction of sp³-hybridized carbons (Fsp3) is 0.548. The lowest BCUT2D eigenvalue weighted by Gasteiger charge is -2.45. The van der Waals surface area contributed by atoms with Gasteiger partial charge in [-0.15, -0.1) is 0 Å². The van der Waals surface area contributed by atoms with E-state index in [1.54, 1.807) is 30.3 Å². The Morgan fingerprint density at radius 2 is 1.71 bits per heavy atom. The average Bonchev–Trinajstić information content (AvgIpc) is 2.96. The molecule has 0 aliphatic carbocycles. The van der Waals surface area contributed by atoms with Crippen LogP contribution < -0.4 is 20.5 Å². The van der Waals surface area contributed by atoms with Crippen molar-refractivity contribution < 1.29 is 23.8 Å². The molecule has 9 nitrogen and oxygen atoms in total. The number of hydrogen-bond acceptors (Lipinski definition) is 7. The van der Waals surface area contributed by atoms with Crippen LogP contribution in [0.15, 0.2) is 36.4 Å². The summed E-state index contributed by atoms with van der Waals surface area (Å²) in [4.78, 5) is 30.3. The van der Waals surface area contributed by atoms with Crippen LogP contribution in [-0.2, 0) is 4.74 Å². The number of rotatable bonds is 9. The number of piperidine rings is 2. The Bertz CT molecular complexity index is 1230. The molecule has 2 aromatic rings. The summed E-state index contributed by atoms with van der Waals surface area (Å²) in [6, 6.07) is 10.2. The highest BCUT2D eigenvalue weighted by atomic mass is 35.5. The van der Waals surface area contributed by atoms with Gasteiger partial charge in [-0.1, -0.05) is 37.0 Å². The lowest BCUT2D eigenvalue weighted by molar-refractivity contribution is -0.141. The van der Waals surface area contributed by atoms with E-state index in [4.69, 9.17) is 43.1 Å². The second-order valence-electron chi connectivity index (χ2n) is 11.9. The van der Waals surface area contributed by atoms with Crippen molar-refractivity contribution in [3.05, 3.63) is 52.0 Å². The molecule has 0 spiro atoms. The Morgan fingerprint density at radius 3 is 2.33 bits per heavy atom. The molecule has 0 saturated carbocycles. The number of nitrogens with zero attached hydrogens (tertiary/aromatic N) is 2. The van der Waals surface area contributed by atoms with E-state index >= 15 is 0 Å². The molecule has 0 bridgehead atoms. The van der Waals surface area contributed by atoms with E-state index < -0.39 is 5.72 Å². The Hall–Kier alpha value is -2.88. The summed E-state index contributed by atoms with van der Waals surface area (Å²) in [5.74, 6) is 1.86. The van der Waals surface area contributed by atoms with Gasteiger partial charge in [0.15, 0.2) is 5.72 Å². The average molecular weight is 622 g/mol. The van der Waals surface area contributed by atoms with Crippen molar-refractivity contribution in [1.29, 1.82) is 0 Å². The molecule has 2 aromatic carbocycles. The lowest BCUT2D eigenvalue weighted by atomic mass is 9.92. The molecule has 3 N–H and O–H groups in total. The quantitative estimate of drug-likeness (QED) is 0.334. The number of carbonyl (C=O) groups excluding carboxylic acids is 2. The first kappa shape index (κ1) is 32.0. The van der Waals surface area contributed by atoms with Crippen molar-refractivity contribution in [2.75, 3.05) is 52.2 Å². The number of methoxy groups -OCH3 is 1. The van der Waals surface area contributed by atoms with Gasteiger partial charge in [-0.2, -0.15) is 0 Å². The van der Waals surface area contributed by atoms with E-state index in [0.717, 1.165) is 19.3 Å². The first-order chi connectivity index (χ1) is 20.0. The number of nitrogen functional groups attached to an aromatic ring is 1. The third-order valence-electron chi connectivity index (χ3n) is 8.15. The van der Waals surface area contributed by atoms with Crippen molar-refractivity contribution in [2.45, 2.75) is 45.8 Å². The van der Waals surface area contributed by atoms with E-state index in [1.165, 1.54) is 13.2 Å². The Kier molecular flexibility index (Phi) is 10.7. The van der Waals surface area contributed by atoms with Gasteiger partial charge in [0.2, 0.25) is 0 Å². The van der Waals surface area contributed by atoms with E-state index in [9.17, 15) is 9.59 Å². The van der Waals surface area contributed by atoms with Crippen LogP contribution in [0, 0.1) is 17.8 Å². The highest BCUT2D eigenvalue weighted by Crippen LogP contribution is 2.31. The maximum atomic E-state index is 13.4. The molecule has 2 aliphatic rings. The normalized spacial score (nSPS) is 21.3. The van der Waals surface area contributed by atoms with Gasteiger partial charge in [0.25, 0.3) is 5.91 Å². The largest absolute Gasteiger partial charge is 0.496 e. The second-order valence-corrected chi connectivity index (χ2v) is 12.7. The maximum absolute atomic E-state index is 13.4. The number of anilines is 1. The van der Waals surface area contributed by atoms with Gasteiger partial charge in [0.1, 0.15) is 18.1 Å². The summed E-state index contributed by atoms with van der Waals surface area (Å²) in [6.45, 7) is 9.64. The molecule has 0 radical (unpaired) electrons. The van der Waals surface area contributed by atoms with Gasteiger partial charge in [-0.05, 0) is 74.3 Å². The zero-order valence-electron chi connectivity index (χ0n) is 24.8. The Labute approximate surface area is 258 Å². The van der Waals surface area contributed by atoms with E-state index in [-0.39, 0.29) is 24.5 Å². The Morgan fingerprint density at radius 1 is 1.07 bits per heavy atom. The topological polar surface area (TPSA) is 106 Å². The number of nitrogens with two attached hydrogens (primary N) is 1. The highest BCUT2D eigenvalue weighted by molar-refractivity contribution is 6.33. The third-order valence-corrected chi connectivity index (χ3v) is 8.73. The first-order valence-corrected chi connectivity index (χ1v) is 15.3. The monoisotopic (exact) mass is 620 g/mol. The van der Waals surface area contributed by atoms with Crippen molar-refractivity contribution in [1.82, 2.24) is 15.1 Å². The molecular weight excluding hydrogens is 579 g/mol. The van der Waals surface area contributed by atoms with E-state index in [0.29, 0.717) is 77.4 Å². The van der Waals surface area contributed by atoms with Crippen LogP contribution in [0.3, 0.4) is 0 Å². The van der Waals surface area contributed by atoms with Crippen LogP contribution in [0.2, 0.25) is 10.0 Å². The molecule has 230 valence electrons. The zero-order chi connectivity index (χ0) is 30.4. The summed E-state index contributed by atoms with van der Waals surface area (Å²) in [5, 5.41) is 3.94. The molecule has 3 atom stereocenters. The summed E-state index contributed by atoms with van der Waals surface area (Å²) in [7, 11) is 1.49. The molecule has 42 heavy (non-hydrogen) atoms. The van der Waals surface area contributed by atoms with Gasteiger partial charge < -0.3 is 30.2 Å². The van der Waals surface area contributed by atoms with Crippen LogP contribution in [-0.4, -0.2) is 74.0 Å². The first-order valence-electron chi connectivity index (χ1n) is 14.5. The minimum absolute atomic E-state index is 0.165. The standard InChI is InChI=1S/C31H42Cl2N4O5/c1-20-13-21(2)18-36(17-20)30(39)42-31(3,19-41-24-7-5-23(32)6-8-24)37-11-9-22(10-12-37)16-35-29(38)25-14-26(33)27(34)15-28(25)40-4/h5-8,14-15,20-22H,9-13,16-19,34H2,1-4H3,(H,35,38). The molecule has 2 fully saturated rings. The van der Waals surface area contributed by atoms with Gasteiger partial charge in [0, 0.05) is 43.8 Å². The number of hydrogen-bond donors (Lipinski definition) is 2. The van der Waals surface area contributed by atoms with Crippen LogP contribution in [0.5, 0.6) is 11.5 Å². The fourth-order valence-electron chi connectivity index (χ4n) is 5.86. The highest BCUT2D eigenvalue weighted by Gasteiger charge is 2.41. The third kappa shape index (κ3) is 8.14. The minimum Gasteiger partial charge on any atom is -0.496 e. The smallest absolute Gasteiger partial charge is 0.411 e. The number of amides is 2. The summed E-state index contributed by atoms with van der Waals surface area (Å²) < 4.78 is 17.7. The van der Waals surface area contributed by atoms with E-state index in [2.05, 4.69) is 24.1 Å². The SMILES string of the molecule is COc1cc(N)c(Cl)cc1C(=O)NCC1CCN(C(C)(COc2ccc(Cl)cc2)OC(=O)N2CC(C)CC(C)C2)CC1.